The molecule has 0 heterocycles. The maximum Gasteiger partial charge on any atom is 0.488 e. The van der Waals surface area contributed by atoms with Gasteiger partial charge in [0.2, 0.25) is 0 Å². The summed E-state index contributed by atoms with van der Waals surface area (Å²) in [6.45, 7) is 0. The number of hydrogen-bond acceptors (Lipinski definition) is 2. The first-order valence-electron chi connectivity index (χ1n) is 2.72. The Morgan fingerprint density at radius 1 is 0.917 bits per heavy atom. The summed E-state index contributed by atoms with van der Waals surface area (Å²) in [6, 6.07) is 8.66. The standard InChI is InChI=1S/C6H7BO2.2CH3.Y/c8-7(9)6-4-2-1-3-5-6;;;/h1-5,8-9H;2*1H3;/q;2*-1;. The molecule has 0 unspecified atom stereocenters. The van der Waals surface area contributed by atoms with Gasteiger partial charge in [0.1, 0.15) is 0 Å². The fraction of sp³-hybridized carbons (Fsp3) is 0. The van der Waals surface area contributed by atoms with Gasteiger partial charge in [0, 0.05) is 32.7 Å². The molecule has 12 heavy (non-hydrogen) atoms. The summed E-state index contributed by atoms with van der Waals surface area (Å²) in [5.74, 6) is 0. The topological polar surface area (TPSA) is 40.5 Å². The maximum atomic E-state index is 8.58. The Labute approximate surface area is 100 Å². The molecule has 0 fully saturated rings. The minimum Gasteiger partial charge on any atom is -0.423 e. The summed E-state index contributed by atoms with van der Waals surface area (Å²) in [7, 11) is -1.34. The summed E-state index contributed by atoms with van der Waals surface area (Å²) >= 11 is 0. The molecule has 1 aromatic rings. The summed E-state index contributed by atoms with van der Waals surface area (Å²) < 4.78 is 0. The second-order valence-corrected chi connectivity index (χ2v) is 1.78. The minimum atomic E-state index is -1.34. The van der Waals surface area contributed by atoms with Gasteiger partial charge in [-0.15, -0.1) is 0 Å². The van der Waals surface area contributed by atoms with E-state index in [0.717, 1.165) is 0 Å². The molecule has 65 valence electrons. The molecule has 0 saturated carbocycles. The van der Waals surface area contributed by atoms with Gasteiger partial charge in [0.05, 0.1) is 0 Å². The third-order valence-corrected chi connectivity index (χ3v) is 1.10. The second kappa shape index (κ2) is 9.40. The van der Waals surface area contributed by atoms with Gasteiger partial charge >= 0.3 is 7.12 Å². The van der Waals surface area contributed by atoms with Crippen LogP contribution in [0.1, 0.15) is 0 Å². The van der Waals surface area contributed by atoms with Crippen molar-refractivity contribution in [3.8, 4) is 0 Å². The van der Waals surface area contributed by atoms with Gasteiger partial charge in [-0.05, 0) is 5.46 Å². The maximum absolute atomic E-state index is 8.58. The van der Waals surface area contributed by atoms with E-state index in [4.69, 9.17) is 10.0 Å². The molecular weight excluding hydrogens is 228 g/mol. The Balaban J connectivity index is -0.000000270. The average Bonchev–Trinajstić information content (AvgIpc) is 1.90. The van der Waals surface area contributed by atoms with E-state index < -0.39 is 7.12 Å². The van der Waals surface area contributed by atoms with E-state index in [1.165, 1.54) is 0 Å². The molecule has 0 amide bonds. The van der Waals surface area contributed by atoms with Crippen LogP contribution in [0, 0.1) is 14.9 Å². The van der Waals surface area contributed by atoms with Crippen LogP contribution in [0.3, 0.4) is 0 Å². The van der Waals surface area contributed by atoms with E-state index in [0.29, 0.717) is 5.46 Å². The van der Waals surface area contributed by atoms with Crippen molar-refractivity contribution in [2.24, 2.45) is 0 Å². The quantitative estimate of drug-likeness (QED) is 0.547. The van der Waals surface area contributed by atoms with Crippen molar-refractivity contribution < 1.29 is 42.8 Å². The molecule has 0 spiro atoms. The van der Waals surface area contributed by atoms with Crippen molar-refractivity contribution in [3.63, 3.8) is 0 Å². The Morgan fingerprint density at radius 2 is 1.33 bits per heavy atom. The second-order valence-electron chi connectivity index (χ2n) is 1.78. The van der Waals surface area contributed by atoms with Gasteiger partial charge in [-0.2, -0.15) is 0 Å². The summed E-state index contributed by atoms with van der Waals surface area (Å²) in [4.78, 5) is 0. The van der Waals surface area contributed by atoms with Gasteiger partial charge in [-0.25, -0.2) is 0 Å². The zero-order chi connectivity index (χ0) is 6.69. The van der Waals surface area contributed by atoms with E-state index in [1.54, 1.807) is 24.3 Å². The molecule has 1 rings (SSSR count). The molecule has 4 heteroatoms. The minimum absolute atomic E-state index is 0. The van der Waals surface area contributed by atoms with E-state index in [-0.39, 0.29) is 47.6 Å². The van der Waals surface area contributed by atoms with Crippen molar-refractivity contribution in [1.29, 1.82) is 0 Å². The first-order chi connectivity index (χ1) is 4.30. The van der Waals surface area contributed by atoms with Crippen LogP contribution in [0.5, 0.6) is 0 Å². The monoisotopic (exact) mass is 241 g/mol. The summed E-state index contributed by atoms with van der Waals surface area (Å²) in [5, 5.41) is 17.2. The predicted octanol–water partition coefficient (Wildman–Crippen LogP) is 0.264. The summed E-state index contributed by atoms with van der Waals surface area (Å²) in [5.41, 5.74) is 0.525. The molecule has 0 aliphatic rings. The fourth-order valence-corrected chi connectivity index (χ4v) is 0.625. The van der Waals surface area contributed by atoms with E-state index in [1.807, 2.05) is 6.07 Å². The van der Waals surface area contributed by atoms with E-state index >= 15 is 0 Å². The van der Waals surface area contributed by atoms with Gasteiger partial charge in [0.25, 0.3) is 0 Å². The molecule has 2 N–H and O–H groups in total. The fourth-order valence-electron chi connectivity index (χ4n) is 0.625. The molecular formula is C8H13BO2Y-2. The Morgan fingerprint density at radius 3 is 1.58 bits per heavy atom. The number of rotatable bonds is 1. The normalized spacial score (nSPS) is 6.83. The first-order valence-corrected chi connectivity index (χ1v) is 2.72. The van der Waals surface area contributed by atoms with Crippen LogP contribution in [-0.4, -0.2) is 17.2 Å². The van der Waals surface area contributed by atoms with Crippen LogP contribution in [0.4, 0.5) is 0 Å². The Hall–Kier alpha value is 0.309. The zero-order valence-corrected chi connectivity index (χ0v) is 10.3. The van der Waals surface area contributed by atoms with Crippen molar-refractivity contribution >= 4 is 12.6 Å². The van der Waals surface area contributed by atoms with Crippen molar-refractivity contribution in [3.05, 3.63) is 45.2 Å². The van der Waals surface area contributed by atoms with Gasteiger partial charge in [-0.1, -0.05) is 30.3 Å². The molecule has 1 aromatic carbocycles. The number of hydrogen-bond donors (Lipinski definition) is 2. The summed E-state index contributed by atoms with van der Waals surface area (Å²) in [6.07, 6.45) is 0. The van der Waals surface area contributed by atoms with Gasteiger partial charge in [-0.3, -0.25) is 0 Å². The van der Waals surface area contributed by atoms with Crippen molar-refractivity contribution in [2.75, 3.05) is 0 Å². The smallest absolute Gasteiger partial charge is 0.423 e. The SMILES string of the molecule is OB(O)c1ccccc1.[CH3-].[CH3-].[Y]. The number of benzene rings is 1. The first kappa shape index (κ1) is 18.2. The predicted molar refractivity (Wildman–Crippen MR) is 49.1 cm³/mol. The van der Waals surface area contributed by atoms with Crippen LogP contribution in [0.25, 0.3) is 0 Å². The van der Waals surface area contributed by atoms with E-state index in [9.17, 15) is 0 Å². The Kier molecular flexibility index (Phi) is 14.2. The van der Waals surface area contributed by atoms with Crippen LogP contribution in [0.15, 0.2) is 30.3 Å². The molecule has 0 bridgehead atoms. The van der Waals surface area contributed by atoms with Crippen LogP contribution < -0.4 is 5.46 Å². The molecule has 2 nitrogen and oxygen atoms in total. The molecule has 0 aliphatic carbocycles. The average molecular weight is 241 g/mol. The molecule has 0 saturated heterocycles. The van der Waals surface area contributed by atoms with Crippen LogP contribution in [0.2, 0.25) is 0 Å². The van der Waals surface area contributed by atoms with Crippen LogP contribution >= 0.6 is 0 Å². The molecule has 1 radical (unpaired) electrons. The zero-order valence-electron chi connectivity index (χ0n) is 7.44. The van der Waals surface area contributed by atoms with E-state index in [2.05, 4.69) is 0 Å². The third kappa shape index (κ3) is 5.90. The molecule has 0 atom stereocenters. The van der Waals surface area contributed by atoms with Crippen molar-refractivity contribution in [1.82, 2.24) is 0 Å². The van der Waals surface area contributed by atoms with Crippen molar-refractivity contribution in [2.45, 2.75) is 0 Å². The van der Waals surface area contributed by atoms with Gasteiger partial charge in [0.15, 0.2) is 0 Å². The molecule has 0 aromatic heterocycles. The molecule has 0 aliphatic heterocycles. The van der Waals surface area contributed by atoms with Crippen LogP contribution in [-0.2, 0) is 32.7 Å². The third-order valence-electron chi connectivity index (χ3n) is 1.10. The largest absolute Gasteiger partial charge is 0.488 e. The Bertz CT molecular complexity index is 180. The van der Waals surface area contributed by atoms with Gasteiger partial charge < -0.3 is 24.9 Å².